The molecule has 2 aliphatic rings. The normalized spacial score (nSPS) is 31.6. The van der Waals surface area contributed by atoms with Gasteiger partial charge in [0.05, 0.1) is 13.2 Å². The molecule has 1 heterocycles. The van der Waals surface area contributed by atoms with Gasteiger partial charge in [-0.3, -0.25) is 0 Å². The van der Waals surface area contributed by atoms with E-state index in [4.69, 9.17) is 4.74 Å². The van der Waals surface area contributed by atoms with Gasteiger partial charge < -0.3 is 14.7 Å². The molecule has 1 fully saturated rings. The number of fused-ring (bicyclic) bond motifs is 4. The van der Waals surface area contributed by atoms with Gasteiger partial charge in [-0.25, -0.2) is 0 Å². The molecule has 1 unspecified atom stereocenters. The van der Waals surface area contributed by atoms with Crippen molar-refractivity contribution in [3.63, 3.8) is 0 Å². The predicted octanol–water partition coefficient (Wildman–Crippen LogP) is 2.17. The molecule has 0 amide bonds. The van der Waals surface area contributed by atoms with Crippen molar-refractivity contribution in [3.05, 3.63) is 29.3 Å². The first-order chi connectivity index (χ1) is 8.69. The second kappa shape index (κ2) is 4.56. The molecule has 1 N–H and O–H groups in total. The first kappa shape index (κ1) is 12.0. The van der Waals surface area contributed by atoms with Gasteiger partial charge in [0.1, 0.15) is 5.75 Å². The maximum Gasteiger partial charge on any atom is 0.119 e. The zero-order valence-electron chi connectivity index (χ0n) is 11.1. The molecule has 1 aliphatic heterocycles. The summed E-state index contributed by atoms with van der Waals surface area (Å²) in [7, 11) is 3.85. The van der Waals surface area contributed by atoms with Gasteiger partial charge >= 0.3 is 0 Å². The van der Waals surface area contributed by atoms with E-state index in [0.717, 1.165) is 30.8 Å². The molecule has 3 atom stereocenters. The first-order valence-corrected chi connectivity index (χ1v) is 6.73. The van der Waals surface area contributed by atoms with E-state index in [9.17, 15) is 5.11 Å². The second-order valence-electron chi connectivity index (χ2n) is 5.68. The lowest BCUT2D eigenvalue weighted by atomic mass is 9.74. The van der Waals surface area contributed by atoms with E-state index in [0.29, 0.717) is 11.8 Å². The third-order valence-corrected chi connectivity index (χ3v) is 4.49. The fourth-order valence-electron chi connectivity index (χ4n) is 3.49. The standard InChI is InChI=1S/C15H21NO2/c1-16-6-5-10-7-11(9-16)15(17)13-4-3-12(18-2)8-14(10)13/h3-4,8,10-11,15,17H,5-7,9H2,1-2H3/t10-,11?,15+/m1/s1. The molecule has 1 aromatic rings. The highest BCUT2D eigenvalue weighted by molar-refractivity contribution is 5.41. The van der Waals surface area contributed by atoms with Gasteiger partial charge in [0, 0.05) is 12.5 Å². The number of methoxy groups -OCH3 is 1. The zero-order chi connectivity index (χ0) is 12.7. The van der Waals surface area contributed by atoms with Gasteiger partial charge in [0.15, 0.2) is 0 Å². The summed E-state index contributed by atoms with van der Waals surface area (Å²) in [5.41, 5.74) is 2.42. The van der Waals surface area contributed by atoms with Crippen molar-refractivity contribution in [3.8, 4) is 5.75 Å². The van der Waals surface area contributed by atoms with E-state index in [2.05, 4.69) is 18.0 Å². The molecule has 3 rings (SSSR count). The number of nitrogens with zero attached hydrogens (tertiary/aromatic N) is 1. The Kier molecular flexibility index (Phi) is 3.04. The Balaban J connectivity index is 2.03. The topological polar surface area (TPSA) is 32.7 Å². The molecule has 0 radical (unpaired) electrons. The van der Waals surface area contributed by atoms with Crippen LogP contribution in [0.15, 0.2) is 18.2 Å². The van der Waals surface area contributed by atoms with Crippen LogP contribution in [0.4, 0.5) is 0 Å². The van der Waals surface area contributed by atoms with Gasteiger partial charge in [-0.1, -0.05) is 6.07 Å². The highest BCUT2D eigenvalue weighted by Crippen LogP contribution is 2.45. The molecule has 0 aromatic heterocycles. The number of likely N-dealkylation sites (tertiary alicyclic amines) is 1. The molecule has 3 heteroatoms. The fraction of sp³-hybridized carbons (Fsp3) is 0.600. The third-order valence-electron chi connectivity index (χ3n) is 4.49. The van der Waals surface area contributed by atoms with E-state index in [1.54, 1.807) is 7.11 Å². The van der Waals surface area contributed by atoms with E-state index in [1.807, 2.05) is 12.1 Å². The van der Waals surface area contributed by atoms with Crippen LogP contribution in [0.1, 0.15) is 36.0 Å². The van der Waals surface area contributed by atoms with E-state index in [-0.39, 0.29) is 6.10 Å². The van der Waals surface area contributed by atoms with Crippen molar-refractivity contribution >= 4 is 0 Å². The number of benzene rings is 1. The molecule has 18 heavy (non-hydrogen) atoms. The summed E-state index contributed by atoms with van der Waals surface area (Å²) < 4.78 is 5.31. The van der Waals surface area contributed by atoms with Crippen LogP contribution in [0, 0.1) is 5.92 Å². The van der Waals surface area contributed by atoms with E-state index < -0.39 is 0 Å². The fourth-order valence-corrected chi connectivity index (χ4v) is 3.49. The summed E-state index contributed by atoms with van der Waals surface area (Å²) in [6.07, 6.45) is 1.97. The van der Waals surface area contributed by atoms with Crippen molar-refractivity contribution in [2.45, 2.75) is 24.9 Å². The number of rotatable bonds is 1. The Hall–Kier alpha value is -1.06. The Morgan fingerprint density at radius 3 is 2.94 bits per heavy atom. The summed E-state index contributed by atoms with van der Waals surface area (Å²) in [5, 5.41) is 10.5. The third kappa shape index (κ3) is 1.91. The summed E-state index contributed by atoms with van der Waals surface area (Å²) >= 11 is 0. The number of hydrogen-bond donors (Lipinski definition) is 1. The predicted molar refractivity (Wildman–Crippen MR) is 70.9 cm³/mol. The highest BCUT2D eigenvalue weighted by atomic mass is 16.5. The summed E-state index contributed by atoms with van der Waals surface area (Å²) in [6.45, 7) is 2.12. The summed E-state index contributed by atoms with van der Waals surface area (Å²) in [4.78, 5) is 2.34. The average molecular weight is 247 g/mol. The number of ether oxygens (including phenoxy) is 1. The van der Waals surface area contributed by atoms with Crippen LogP contribution in [0.25, 0.3) is 0 Å². The Morgan fingerprint density at radius 1 is 1.33 bits per heavy atom. The molecule has 3 nitrogen and oxygen atoms in total. The monoisotopic (exact) mass is 247 g/mol. The molecule has 2 bridgehead atoms. The van der Waals surface area contributed by atoms with E-state index in [1.165, 1.54) is 12.0 Å². The number of aliphatic hydroxyl groups is 1. The van der Waals surface area contributed by atoms with Gasteiger partial charge in [0.2, 0.25) is 0 Å². The van der Waals surface area contributed by atoms with Gasteiger partial charge in [0.25, 0.3) is 0 Å². The van der Waals surface area contributed by atoms with Crippen molar-refractivity contribution in [2.24, 2.45) is 5.92 Å². The largest absolute Gasteiger partial charge is 0.497 e. The molecule has 1 saturated heterocycles. The van der Waals surface area contributed by atoms with Crippen LogP contribution in [0.2, 0.25) is 0 Å². The minimum absolute atomic E-state index is 0.317. The summed E-state index contributed by atoms with van der Waals surface area (Å²) in [6, 6.07) is 6.12. The Morgan fingerprint density at radius 2 is 2.17 bits per heavy atom. The van der Waals surface area contributed by atoms with Crippen molar-refractivity contribution in [2.75, 3.05) is 27.2 Å². The van der Waals surface area contributed by atoms with Crippen LogP contribution in [0.3, 0.4) is 0 Å². The first-order valence-electron chi connectivity index (χ1n) is 6.73. The average Bonchev–Trinajstić information content (AvgIpc) is 2.56. The maximum absolute atomic E-state index is 10.5. The van der Waals surface area contributed by atoms with Crippen molar-refractivity contribution in [1.29, 1.82) is 0 Å². The SMILES string of the molecule is COc1ccc2c(c1)[C@@H]1CCN(C)CC(C1)[C@@H]2O. The van der Waals surface area contributed by atoms with Crippen LogP contribution >= 0.6 is 0 Å². The Labute approximate surface area is 108 Å². The van der Waals surface area contributed by atoms with Crippen LogP contribution < -0.4 is 4.74 Å². The second-order valence-corrected chi connectivity index (χ2v) is 5.68. The lowest BCUT2D eigenvalue weighted by Gasteiger charge is -2.34. The quantitative estimate of drug-likeness (QED) is 0.825. The molecule has 0 saturated carbocycles. The number of hydrogen-bond acceptors (Lipinski definition) is 3. The maximum atomic E-state index is 10.5. The van der Waals surface area contributed by atoms with Gasteiger partial charge in [-0.2, -0.15) is 0 Å². The molecule has 0 spiro atoms. The van der Waals surface area contributed by atoms with Gasteiger partial charge in [-0.05, 0) is 55.6 Å². The van der Waals surface area contributed by atoms with Crippen molar-refractivity contribution < 1.29 is 9.84 Å². The minimum atomic E-state index is -0.317. The van der Waals surface area contributed by atoms with Crippen LogP contribution in [-0.2, 0) is 0 Å². The lowest BCUT2D eigenvalue weighted by molar-refractivity contribution is 0.0773. The smallest absolute Gasteiger partial charge is 0.119 e. The van der Waals surface area contributed by atoms with Gasteiger partial charge in [-0.15, -0.1) is 0 Å². The van der Waals surface area contributed by atoms with Crippen LogP contribution in [0.5, 0.6) is 5.75 Å². The molecule has 1 aliphatic carbocycles. The molecule has 98 valence electrons. The van der Waals surface area contributed by atoms with Crippen LogP contribution in [-0.4, -0.2) is 37.3 Å². The molecular formula is C15H21NO2. The number of aliphatic hydroxyl groups excluding tert-OH is 1. The minimum Gasteiger partial charge on any atom is -0.497 e. The summed E-state index contributed by atoms with van der Waals surface area (Å²) in [5.74, 6) is 1.86. The molecule has 1 aromatic carbocycles. The highest BCUT2D eigenvalue weighted by Gasteiger charge is 2.36. The zero-order valence-corrected chi connectivity index (χ0v) is 11.1. The lowest BCUT2D eigenvalue weighted by Crippen LogP contribution is -2.29. The van der Waals surface area contributed by atoms with E-state index >= 15 is 0 Å². The Bertz CT molecular complexity index is 446. The molecular weight excluding hydrogens is 226 g/mol. The van der Waals surface area contributed by atoms with Crippen molar-refractivity contribution in [1.82, 2.24) is 4.90 Å².